The number of benzene rings is 1. The average Bonchev–Trinajstić information content (AvgIpc) is 2.69. The number of aliphatic imine (C=N–C) groups is 1. The van der Waals surface area contributed by atoms with E-state index in [0.717, 1.165) is 24.4 Å². The van der Waals surface area contributed by atoms with Crippen molar-refractivity contribution < 1.29 is 9.59 Å². The summed E-state index contributed by atoms with van der Waals surface area (Å²) in [6.45, 7) is 10.7. The summed E-state index contributed by atoms with van der Waals surface area (Å²) in [5.41, 5.74) is 1.98. The van der Waals surface area contributed by atoms with Gasteiger partial charge in [0.15, 0.2) is 5.96 Å². The first-order chi connectivity index (χ1) is 13.7. The first-order valence-electron chi connectivity index (χ1n) is 10.3. The van der Waals surface area contributed by atoms with E-state index in [1.165, 1.54) is 0 Å². The maximum atomic E-state index is 12.5. The van der Waals surface area contributed by atoms with Crippen molar-refractivity contribution in [2.75, 3.05) is 26.7 Å². The molecule has 1 aliphatic rings. The predicted molar refractivity (Wildman–Crippen MR) is 132 cm³/mol. The van der Waals surface area contributed by atoms with Gasteiger partial charge < -0.3 is 20.9 Å². The highest BCUT2D eigenvalue weighted by Gasteiger charge is 2.22. The topological polar surface area (TPSA) is 85.8 Å². The van der Waals surface area contributed by atoms with Gasteiger partial charge in [0.05, 0.1) is 6.54 Å². The van der Waals surface area contributed by atoms with Gasteiger partial charge in [-0.3, -0.25) is 14.6 Å². The van der Waals surface area contributed by atoms with E-state index in [2.05, 4.69) is 48.6 Å². The molecule has 1 aromatic rings. The third-order valence-corrected chi connectivity index (χ3v) is 4.92. The van der Waals surface area contributed by atoms with Crippen LogP contribution in [0.3, 0.4) is 0 Å². The monoisotopic (exact) mass is 529 g/mol. The predicted octanol–water partition coefficient (Wildman–Crippen LogP) is 2.76. The minimum Gasteiger partial charge on any atom is -0.354 e. The molecule has 8 heteroatoms. The van der Waals surface area contributed by atoms with Gasteiger partial charge in [0.1, 0.15) is 0 Å². The second-order valence-corrected chi connectivity index (χ2v) is 8.84. The molecule has 2 rings (SSSR count). The van der Waals surface area contributed by atoms with E-state index in [9.17, 15) is 9.59 Å². The number of halogens is 1. The SMILES string of the molecule is CN=C(NCc1ccc(C(=O)N2CCNC(=O)C2)cc1)NC(C)CCC(C)(C)C.I. The van der Waals surface area contributed by atoms with Gasteiger partial charge in [-0.25, -0.2) is 0 Å². The summed E-state index contributed by atoms with van der Waals surface area (Å²) in [7, 11) is 1.77. The van der Waals surface area contributed by atoms with Crippen LogP contribution < -0.4 is 16.0 Å². The van der Waals surface area contributed by atoms with Crippen LogP contribution in [0.5, 0.6) is 0 Å². The second-order valence-electron chi connectivity index (χ2n) is 8.84. The van der Waals surface area contributed by atoms with Crippen molar-refractivity contribution in [3.8, 4) is 0 Å². The number of amides is 2. The van der Waals surface area contributed by atoms with Crippen molar-refractivity contribution in [2.24, 2.45) is 10.4 Å². The van der Waals surface area contributed by atoms with Crippen LogP contribution in [0.15, 0.2) is 29.3 Å². The van der Waals surface area contributed by atoms with E-state index >= 15 is 0 Å². The van der Waals surface area contributed by atoms with Crippen molar-refractivity contribution in [1.82, 2.24) is 20.9 Å². The van der Waals surface area contributed by atoms with Crippen molar-refractivity contribution in [1.29, 1.82) is 0 Å². The number of hydrogen-bond donors (Lipinski definition) is 3. The highest BCUT2D eigenvalue weighted by molar-refractivity contribution is 14.0. The molecule has 1 unspecified atom stereocenters. The van der Waals surface area contributed by atoms with E-state index < -0.39 is 0 Å². The molecule has 0 aliphatic carbocycles. The molecule has 0 spiro atoms. The molecule has 7 nitrogen and oxygen atoms in total. The van der Waals surface area contributed by atoms with E-state index in [0.29, 0.717) is 36.7 Å². The number of piperazine rings is 1. The van der Waals surface area contributed by atoms with Gasteiger partial charge >= 0.3 is 0 Å². The van der Waals surface area contributed by atoms with Crippen molar-refractivity contribution >= 4 is 41.8 Å². The van der Waals surface area contributed by atoms with Crippen molar-refractivity contribution in [3.05, 3.63) is 35.4 Å². The fraction of sp³-hybridized carbons (Fsp3) is 0.591. The zero-order chi connectivity index (χ0) is 21.4. The number of nitrogens with zero attached hydrogens (tertiary/aromatic N) is 2. The first-order valence-corrected chi connectivity index (χ1v) is 10.3. The number of hydrogen-bond acceptors (Lipinski definition) is 3. The Balaban J connectivity index is 0.00000450. The van der Waals surface area contributed by atoms with Crippen LogP contribution in [0.4, 0.5) is 0 Å². The molecule has 168 valence electrons. The van der Waals surface area contributed by atoms with E-state index in [1.807, 2.05) is 24.3 Å². The first kappa shape index (κ1) is 26.2. The van der Waals surface area contributed by atoms with Crippen molar-refractivity contribution in [2.45, 2.75) is 53.1 Å². The summed E-state index contributed by atoms with van der Waals surface area (Å²) < 4.78 is 0. The molecule has 0 saturated carbocycles. The lowest BCUT2D eigenvalue weighted by Crippen LogP contribution is -2.49. The Bertz CT molecular complexity index is 728. The van der Waals surface area contributed by atoms with Gasteiger partial charge in [-0.2, -0.15) is 0 Å². The minimum absolute atomic E-state index is 0. The summed E-state index contributed by atoms with van der Waals surface area (Å²) >= 11 is 0. The zero-order valence-corrected chi connectivity index (χ0v) is 21.1. The highest BCUT2D eigenvalue weighted by atomic mass is 127. The average molecular weight is 529 g/mol. The van der Waals surface area contributed by atoms with Crippen LogP contribution in [0, 0.1) is 5.41 Å². The molecule has 2 amide bonds. The number of carbonyl (C=O) groups excluding carboxylic acids is 2. The molecule has 1 heterocycles. The van der Waals surface area contributed by atoms with Crippen LogP contribution in [-0.4, -0.2) is 55.4 Å². The number of guanidine groups is 1. The van der Waals surface area contributed by atoms with Gasteiger partial charge in [0.25, 0.3) is 5.91 Å². The second kappa shape index (κ2) is 12.1. The smallest absolute Gasteiger partial charge is 0.254 e. The standard InChI is InChI=1S/C22H35N5O2.HI/c1-16(10-11-22(2,3)4)26-21(23-5)25-14-17-6-8-18(9-7-17)20(29)27-13-12-24-19(28)15-27;/h6-9,16H,10-15H2,1-5H3,(H,24,28)(H2,23,25,26);1H. The quantitative estimate of drug-likeness (QED) is 0.301. The lowest BCUT2D eigenvalue weighted by atomic mass is 9.89. The van der Waals surface area contributed by atoms with Crippen LogP contribution in [0.1, 0.15) is 56.5 Å². The molecule has 1 aliphatic heterocycles. The molecule has 3 N–H and O–H groups in total. The van der Waals surface area contributed by atoms with Gasteiger partial charge in [-0.1, -0.05) is 32.9 Å². The third kappa shape index (κ3) is 8.89. The van der Waals surface area contributed by atoms with Crippen LogP contribution in [-0.2, 0) is 11.3 Å². The normalized spacial score (nSPS) is 15.7. The Morgan fingerprint density at radius 2 is 1.93 bits per heavy atom. The van der Waals surface area contributed by atoms with Crippen LogP contribution in [0.2, 0.25) is 0 Å². The fourth-order valence-corrected chi connectivity index (χ4v) is 3.10. The van der Waals surface area contributed by atoms with Crippen LogP contribution >= 0.6 is 24.0 Å². The molecular weight excluding hydrogens is 493 g/mol. The van der Waals surface area contributed by atoms with Gasteiger partial charge in [0.2, 0.25) is 5.91 Å². The maximum absolute atomic E-state index is 12.5. The largest absolute Gasteiger partial charge is 0.354 e. The third-order valence-electron chi connectivity index (χ3n) is 4.92. The van der Waals surface area contributed by atoms with Gasteiger partial charge in [0, 0.05) is 38.3 Å². The summed E-state index contributed by atoms with van der Waals surface area (Å²) in [6, 6.07) is 7.82. The van der Waals surface area contributed by atoms with E-state index in [1.54, 1.807) is 11.9 Å². The van der Waals surface area contributed by atoms with E-state index in [-0.39, 0.29) is 42.3 Å². The Hall–Kier alpha value is -1.84. The molecular formula is C22H36IN5O2. The van der Waals surface area contributed by atoms with Gasteiger partial charge in [-0.15, -0.1) is 24.0 Å². The molecule has 1 fully saturated rings. The number of nitrogens with one attached hydrogen (secondary N) is 3. The Labute approximate surface area is 197 Å². The van der Waals surface area contributed by atoms with E-state index in [4.69, 9.17) is 0 Å². The zero-order valence-electron chi connectivity index (χ0n) is 18.7. The Kier molecular flexibility index (Phi) is 10.6. The fourth-order valence-electron chi connectivity index (χ4n) is 3.10. The minimum atomic E-state index is -0.110. The summed E-state index contributed by atoms with van der Waals surface area (Å²) in [6.07, 6.45) is 2.22. The molecule has 30 heavy (non-hydrogen) atoms. The Morgan fingerprint density at radius 1 is 1.27 bits per heavy atom. The molecule has 0 aromatic heterocycles. The summed E-state index contributed by atoms with van der Waals surface area (Å²) in [5.74, 6) is 0.552. The molecule has 1 aromatic carbocycles. The highest BCUT2D eigenvalue weighted by Crippen LogP contribution is 2.21. The lowest BCUT2D eigenvalue weighted by molar-refractivity contribution is -0.123. The number of carbonyl (C=O) groups is 2. The molecule has 0 radical (unpaired) electrons. The molecule has 1 saturated heterocycles. The van der Waals surface area contributed by atoms with Gasteiger partial charge in [-0.05, 0) is 42.9 Å². The summed E-state index contributed by atoms with van der Waals surface area (Å²) in [4.78, 5) is 29.9. The maximum Gasteiger partial charge on any atom is 0.254 e. The number of rotatable bonds is 6. The van der Waals surface area contributed by atoms with Crippen LogP contribution in [0.25, 0.3) is 0 Å². The molecule has 0 bridgehead atoms. The summed E-state index contributed by atoms with van der Waals surface area (Å²) in [5, 5.41) is 9.48. The molecule has 1 atom stereocenters. The lowest BCUT2D eigenvalue weighted by Gasteiger charge is -2.26. The van der Waals surface area contributed by atoms with Crippen molar-refractivity contribution in [3.63, 3.8) is 0 Å². The Morgan fingerprint density at radius 3 is 2.50 bits per heavy atom.